The van der Waals surface area contributed by atoms with E-state index in [1.165, 1.54) is 18.9 Å². The SMILES string of the molecule is Cc1ccc(C(=O)N2CCN(C[C@H](O)CN3CCCC3)CC2)cc1F. The lowest BCUT2D eigenvalue weighted by Crippen LogP contribution is -2.51. The first-order valence-electron chi connectivity index (χ1n) is 9.21. The summed E-state index contributed by atoms with van der Waals surface area (Å²) in [5.74, 6) is -0.453. The van der Waals surface area contributed by atoms with Crippen molar-refractivity contribution in [2.24, 2.45) is 0 Å². The maximum atomic E-state index is 13.7. The second-order valence-corrected chi connectivity index (χ2v) is 7.22. The van der Waals surface area contributed by atoms with Crippen LogP contribution < -0.4 is 0 Å². The number of rotatable bonds is 5. The first-order chi connectivity index (χ1) is 12.0. The zero-order chi connectivity index (χ0) is 17.8. The van der Waals surface area contributed by atoms with Crippen LogP contribution in [0.4, 0.5) is 4.39 Å². The molecule has 5 nitrogen and oxygen atoms in total. The van der Waals surface area contributed by atoms with Gasteiger partial charge in [-0.1, -0.05) is 6.07 Å². The van der Waals surface area contributed by atoms with Gasteiger partial charge in [0.15, 0.2) is 0 Å². The number of β-amino-alcohol motifs (C(OH)–C–C–N with tert-alkyl or cyclic N) is 1. The van der Waals surface area contributed by atoms with Crippen LogP contribution >= 0.6 is 0 Å². The largest absolute Gasteiger partial charge is 0.390 e. The molecule has 6 heteroatoms. The molecule has 0 spiro atoms. The lowest BCUT2D eigenvalue weighted by atomic mass is 10.1. The summed E-state index contributed by atoms with van der Waals surface area (Å²) in [6.07, 6.45) is 2.12. The number of carbonyl (C=O) groups is 1. The van der Waals surface area contributed by atoms with Crippen molar-refractivity contribution >= 4 is 5.91 Å². The molecule has 2 saturated heterocycles. The van der Waals surface area contributed by atoms with Gasteiger partial charge in [-0.2, -0.15) is 0 Å². The van der Waals surface area contributed by atoms with E-state index in [1.807, 2.05) is 0 Å². The van der Waals surface area contributed by atoms with E-state index in [9.17, 15) is 14.3 Å². The van der Waals surface area contributed by atoms with Gasteiger partial charge >= 0.3 is 0 Å². The van der Waals surface area contributed by atoms with Gasteiger partial charge in [-0.25, -0.2) is 4.39 Å². The van der Waals surface area contributed by atoms with Gasteiger partial charge in [0, 0.05) is 44.8 Å². The molecular weight excluding hydrogens is 321 g/mol. The molecule has 0 unspecified atom stereocenters. The third kappa shape index (κ3) is 4.77. The Morgan fingerprint density at radius 2 is 1.68 bits per heavy atom. The molecule has 1 aromatic rings. The number of carbonyl (C=O) groups excluding carboxylic acids is 1. The second-order valence-electron chi connectivity index (χ2n) is 7.22. The van der Waals surface area contributed by atoms with Gasteiger partial charge < -0.3 is 14.9 Å². The van der Waals surface area contributed by atoms with E-state index >= 15 is 0 Å². The summed E-state index contributed by atoms with van der Waals surface area (Å²) >= 11 is 0. The first-order valence-corrected chi connectivity index (χ1v) is 9.21. The second kappa shape index (κ2) is 8.25. The number of aryl methyl sites for hydroxylation is 1. The summed E-state index contributed by atoms with van der Waals surface area (Å²) < 4.78 is 13.7. The molecule has 0 saturated carbocycles. The molecule has 25 heavy (non-hydrogen) atoms. The number of hydrogen-bond donors (Lipinski definition) is 1. The average molecular weight is 349 g/mol. The number of hydrogen-bond acceptors (Lipinski definition) is 4. The van der Waals surface area contributed by atoms with Gasteiger partial charge in [-0.15, -0.1) is 0 Å². The fraction of sp³-hybridized carbons (Fsp3) is 0.632. The minimum absolute atomic E-state index is 0.115. The van der Waals surface area contributed by atoms with Gasteiger partial charge in [0.05, 0.1) is 6.10 Å². The summed E-state index contributed by atoms with van der Waals surface area (Å²) in [4.78, 5) is 18.8. The Hall–Kier alpha value is -1.50. The third-order valence-corrected chi connectivity index (χ3v) is 5.21. The van der Waals surface area contributed by atoms with E-state index in [4.69, 9.17) is 0 Å². The molecule has 2 aliphatic rings. The molecule has 0 radical (unpaired) electrons. The number of aliphatic hydroxyl groups excluding tert-OH is 1. The van der Waals surface area contributed by atoms with Gasteiger partial charge in [0.2, 0.25) is 0 Å². The Morgan fingerprint density at radius 3 is 2.28 bits per heavy atom. The normalized spacial score (nSPS) is 20.8. The van der Waals surface area contributed by atoms with Crippen LogP contribution in [-0.2, 0) is 0 Å². The minimum Gasteiger partial charge on any atom is -0.390 e. The number of amides is 1. The standard InChI is InChI=1S/C19H28FN3O2/c1-15-4-5-16(12-18(15)20)19(25)23-10-8-22(9-11-23)14-17(24)13-21-6-2-3-7-21/h4-5,12,17,24H,2-3,6-11,13-14H2,1H3/t17-/m1/s1. The van der Waals surface area contributed by atoms with Crippen LogP contribution in [0.2, 0.25) is 0 Å². The maximum Gasteiger partial charge on any atom is 0.254 e. The van der Waals surface area contributed by atoms with E-state index in [1.54, 1.807) is 24.0 Å². The molecule has 0 aromatic heterocycles. The molecular formula is C19H28FN3O2. The summed E-state index contributed by atoms with van der Waals surface area (Å²) in [5.41, 5.74) is 0.957. The Kier molecular flexibility index (Phi) is 6.04. The predicted molar refractivity (Wildman–Crippen MR) is 95.2 cm³/mol. The number of nitrogens with zero attached hydrogens (tertiary/aromatic N) is 3. The van der Waals surface area contributed by atoms with Crippen LogP contribution in [0.5, 0.6) is 0 Å². The third-order valence-electron chi connectivity index (χ3n) is 5.21. The van der Waals surface area contributed by atoms with E-state index in [-0.39, 0.29) is 17.8 Å². The molecule has 138 valence electrons. The van der Waals surface area contributed by atoms with Gasteiger partial charge in [0.1, 0.15) is 5.82 Å². The van der Waals surface area contributed by atoms with Crippen molar-refractivity contribution in [2.45, 2.75) is 25.9 Å². The highest BCUT2D eigenvalue weighted by Gasteiger charge is 2.24. The van der Waals surface area contributed by atoms with Crippen LogP contribution in [-0.4, -0.2) is 84.2 Å². The van der Waals surface area contributed by atoms with Crippen molar-refractivity contribution in [1.82, 2.24) is 14.7 Å². The molecule has 1 N–H and O–H groups in total. The van der Waals surface area contributed by atoms with E-state index in [2.05, 4.69) is 9.80 Å². The van der Waals surface area contributed by atoms with Crippen LogP contribution in [0, 0.1) is 12.7 Å². The fourth-order valence-corrected chi connectivity index (χ4v) is 3.66. The minimum atomic E-state index is -0.341. The van der Waals surface area contributed by atoms with Gasteiger partial charge in [-0.3, -0.25) is 9.69 Å². The highest BCUT2D eigenvalue weighted by Crippen LogP contribution is 2.14. The highest BCUT2D eigenvalue weighted by atomic mass is 19.1. The Morgan fingerprint density at radius 1 is 1.08 bits per heavy atom. The predicted octanol–water partition coefficient (Wildman–Crippen LogP) is 1.35. The molecule has 0 bridgehead atoms. The highest BCUT2D eigenvalue weighted by molar-refractivity contribution is 5.94. The van der Waals surface area contributed by atoms with Crippen molar-refractivity contribution in [1.29, 1.82) is 0 Å². The van der Waals surface area contributed by atoms with Gasteiger partial charge in [-0.05, 0) is 50.6 Å². The zero-order valence-electron chi connectivity index (χ0n) is 15.0. The quantitative estimate of drug-likeness (QED) is 0.872. The first kappa shape index (κ1) is 18.3. The maximum absolute atomic E-state index is 13.7. The topological polar surface area (TPSA) is 47.0 Å². The molecule has 3 rings (SSSR count). The number of aliphatic hydroxyl groups is 1. The molecule has 2 fully saturated rings. The number of piperazine rings is 1. The smallest absolute Gasteiger partial charge is 0.254 e. The number of halogens is 1. The lowest BCUT2D eigenvalue weighted by Gasteiger charge is -2.36. The number of likely N-dealkylation sites (tertiary alicyclic amines) is 1. The van der Waals surface area contributed by atoms with E-state index in [0.717, 1.165) is 32.7 Å². The van der Waals surface area contributed by atoms with Crippen molar-refractivity contribution < 1.29 is 14.3 Å². The molecule has 2 heterocycles. The van der Waals surface area contributed by atoms with E-state index in [0.29, 0.717) is 30.8 Å². The average Bonchev–Trinajstić information content (AvgIpc) is 3.10. The lowest BCUT2D eigenvalue weighted by molar-refractivity contribution is 0.0457. The Bertz CT molecular complexity index is 596. The molecule has 1 aromatic carbocycles. The molecule has 1 atom stereocenters. The zero-order valence-corrected chi connectivity index (χ0v) is 15.0. The summed E-state index contributed by atoms with van der Waals surface area (Å²) in [6.45, 7) is 7.98. The van der Waals surface area contributed by atoms with Crippen LogP contribution in [0.1, 0.15) is 28.8 Å². The van der Waals surface area contributed by atoms with Crippen molar-refractivity contribution in [3.63, 3.8) is 0 Å². The molecule has 1 amide bonds. The summed E-state index contributed by atoms with van der Waals surface area (Å²) in [5, 5.41) is 10.3. The Balaban J connectivity index is 1.46. The number of benzene rings is 1. The monoisotopic (exact) mass is 349 g/mol. The van der Waals surface area contributed by atoms with Crippen molar-refractivity contribution in [3.05, 3.63) is 35.1 Å². The van der Waals surface area contributed by atoms with Crippen molar-refractivity contribution in [3.8, 4) is 0 Å². The molecule has 0 aliphatic carbocycles. The summed E-state index contributed by atoms with van der Waals surface area (Å²) in [7, 11) is 0. The van der Waals surface area contributed by atoms with Crippen LogP contribution in [0.3, 0.4) is 0 Å². The van der Waals surface area contributed by atoms with Gasteiger partial charge in [0.25, 0.3) is 5.91 Å². The Labute approximate surface area is 149 Å². The van der Waals surface area contributed by atoms with Crippen molar-refractivity contribution in [2.75, 3.05) is 52.4 Å². The van der Waals surface area contributed by atoms with Crippen LogP contribution in [0.15, 0.2) is 18.2 Å². The van der Waals surface area contributed by atoms with Crippen LogP contribution in [0.25, 0.3) is 0 Å². The van der Waals surface area contributed by atoms with E-state index < -0.39 is 0 Å². The molecule has 2 aliphatic heterocycles. The fourth-order valence-electron chi connectivity index (χ4n) is 3.66. The summed E-state index contributed by atoms with van der Waals surface area (Å²) in [6, 6.07) is 4.66.